The molecule has 0 radical (unpaired) electrons. The second-order valence-electron chi connectivity index (χ2n) is 5.30. The van der Waals surface area contributed by atoms with Crippen LogP contribution in [0.25, 0.3) is 0 Å². The Morgan fingerprint density at radius 1 is 1.45 bits per heavy atom. The molecule has 1 saturated heterocycles. The van der Waals surface area contributed by atoms with Crippen molar-refractivity contribution in [2.75, 3.05) is 25.1 Å². The molecule has 0 aromatic heterocycles. The van der Waals surface area contributed by atoms with Crippen molar-refractivity contribution in [2.24, 2.45) is 5.14 Å². The van der Waals surface area contributed by atoms with Gasteiger partial charge in [-0.1, -0.05) is 6.07 Å². The molecule has 1 aromatic rings. The highest BCUT2D eigenvalue weighted by atomic mass is 32.2. The standard InChI is InChI=1S/C13H19N3O5S/c1-15(9-10-5-2-3-8-21-10)11-6-4-7-12(22(14,19)20)13(11)16(17)18/h4,6-7,10H,2-3,5,8-9H2,1H3,(H2,14,19,20). The normalized spacial score (nSPS) is 18.9. The average Bonchev–Trinajstić information content (AvgIpc) is 2.46. The zero-order chi connectivity index (χ0) is 16.3. The number of nitro benzene ring substituents is 1. The quantitative estimate of drug-likeness (QED) is 0.642. The van der Waals surface area contributed by atoms with Gasteiger partial charge in [0.1, 0.15) is 5.69 Å². The predicted octanol–water partition coefficient (Wildman–Crippen LogP) is 1.25. The van der Waals surface area contributed by atoms with Gasteiger partial charge in [-0.05, 0) is 31.4 Å². The van der Waals surface area contributed by atoms with Gasteiger partial charge in [-0.2, -0.15) is 0 Å². The van der Waals surface area contributed by atoms with E-state index >= 15 is 0 Å². The minimum atomic E-state index is -4.17. The zero-order valence-electron chi connectivity index (χ0n) is 12.3. The fraction of sp³-hybridized carbons (Fsp3) is 0.538. The number of likely N-dealkylation sites (N-methyl/N-ethyl adjacent to an activating group) is 1. The maximum Gasteiger partial charge on any atom is 0.312 e. The molecule has 1 unspecified atom stereocenters. The third-order valence-electron chi connectivity index (χ3n) is 3.63. The molecule has 9 heteroatoms. The molecule has 1 atom stereocenters. The van der Waals surface area contributed by atoms with E-state index in [1.165, 1.54) is 12.1 Å². The van der Waals surface area contributed by atoms with Crippen LogP contribution in [-0.4, -0.2) is 39.6 Å². The Morgan fingerprint density at radius 2 is 2.18 bits per heavy atom. The number of hydrogen-bond acceptors (Lipinski definition) is 6. The van der Waals surface area contributed by atoms with Gasteiger partial charge < -0.3 is 9.64 Å². The molecule has 1 aliphatic heterocycles. The van der Waals surface area contributed by atoms with E-state index in [-0.39, 0.29) is 11.8 Å². The van der Waals surface area contributed by atoms with E-state index in [1.54, 1.807) is 11.9 Å². The van der Waals surface area contributed by atoms with Gasteiger partial charge in [0.05, 0.1) is 11.0 Å². The van der Waals surface area contributed by atoms with Gasteiger partial charge in [0, 0.05) is 20.2 Å². The lowest BCUT2D eigenvalue weighted by atomic mass is 10.1. The number of benzene rings is 1. The third-order valence-corrected chi connectivity index (χ3v) is 4.57. The number of sulfonamides is 1. The van der Waals surface area contributed by atoms with Crippen molar-refractivity contribution in [1.82, 2.24) is 0 Å². The predicted molar refractivity (Wildman–Crippen MR) is 81.3 cm³/mol. The number of primary sulfonamides is 1. The van der Waals surface area contributed by atoms with Crippen molar-refractivity contribution in [1.29, 1.82) is 0 Å². The number of nitro groups is 1. The summed E-state index contributed by atoms with van der Waals surface area (Å²) >= 11 is 0. The number of ether oxygens (including phenoxy) is 1. The molecule has 122 valence electrons. The lowest BCUT2D eigenvalue weighted by Crippen LogP contribution is -2.33. The molecule has 1 aliphatic rings. The minimum absolute atomic E-state index is 0.0171. The van der Waals surface area contributed by atoms with Crippen molar-refractivity contribution in [3.63, 3.8) is 0 Å². The summed E-state index contributed by atoms with van der Waals surface area (Å²) in [5.74, 6) is 0. The summed E-state index contributed by atoms with van der Waals surface area (Å²) in [5.41, 5.74) is -0.283. The Bertz CT molecular complexity index is 656. The Morgan fingerprint density at radius 3 is 2.73 bits per heavy atom. The highest BCUT2D eigenvalue weighted by molar-refractivity contribution is 7.89. The van der Waals surface area contributed by atoms with Crippen molar-refractivity contribution in [3.05, 3.63) is 28.3 Å². The molecule has 1 heterocycles. The summed E-state index contributed by atoms with van der Waals surface area (Å²) in [6.07, 6.45) is 2.93. The first-order chi connectivity index (χ1) is 10.3. The molecular weight excluding hydrogens is 310 g/mol. The topological polar surface area (TPSA) is 116 Å². The summed E-state index contributed by atoms with van der Waals surface area (Å²) < 4.78 is 28.7. The lowest BCUT2D eigenvalue weighted by molar-refractivity contribution is -0.387. The van der Waals surface area contributed by atoms with E-state index in [0.29, 0.717) is 13.2 Å². The monoisotopic (exact) mass is 329 g/mol. The number of nitrogens with zero attached hydrogens (tertiary/aromatic N) is 2. The molecule has 0 aliphatic carbocycles. The first-order valence-corrected chi connectivity index (χ1v) is 8.48. The molecule has 0 saturated carbocycles. The van der Waals surface area contributed by atoms with Crippen LogP contribution in [0.1, 0.15) is 19.3 Å². The number of para-hydroxylation sites is 1. The summed E-state index contributed by atoms with van der Waals surface area (Å²) in [7, 11) is -2.49. The smallest absolute Gasteiger partial charge is 0.312 e. The highest BCUT2D eigenvalue weighted by Crippen LogP contribution is 2.34. The second-order valence-corrected chi connectivity index (χ2v) is 6.82. The van der Waals surface area contributed by atoms with Gasteiger partial charge >= 0.3 is 5.69 Å². The van der Waals surface area contributed by atoms with Crippen molar-refractivity contribution >= 4 is 21.4 Å². The van der Waals surface area contributed by atoms with Gasteiger partial charge in [-0.3, -0.25) is 10.1 Å². The summed E-state index contributed by atoms with van der Waals surface area (Å²) in [5, 5.41) is 16.4. The van der Waals surface area contributed by atoms with E-state index < -0.39 is 25.5 Å². The first-order valence-electron chi connectivity index (χ1n) is 6.93. The Balaban J connectivity index is 2.35. The molecule has 22 heavy (non-hydrogen) atoms. The molecular formula is C13H19N3O5S. The minimum Gasteiger partial charge on any atom is -0.376 e. The van der Waals surface area contributed by atoms with Crippen LogP contribution in [-0.2, 0) is 14.8 Å². The number of hydrogen-bond donors (Lipinski definition) is 1. The van der Waals surface area contributed by atoms with Crippen LogP contribution in [0.5, 0.6) is 0 Å². The highest BCUT2D eigenvalue weighted by Gasteiger charge is 2.29. The Labute approximate surface area is 129 Å². The Hall–Kier alpha value is -1.71. The molecule has 0 amide bonds. The molecule has 2 rings (SSSR count). The molecule has 2 N–H and O–H groups in total. The van der Waals surface area contributed by atoms with Gasteiger partial charge in [-0.25, -0.2) is 13.6 Å². The van der Waals surface area contributed by atoms with E-state index in [1.807, 2.05) is 0 Å². The van der Waals surface area contributed by atoms with E-state index in [2.05, 4.69) is 0 Å². The van der Waals surface area contributed by atoms with Crippen LogP contribution in [0, 0.1) is 10.1 Å². The molecule has 1 aromatic carbocycles. The molecule has 1 fully saturated rings. The van der Waals surface area contributed by atoms with Crippen molar-refractivity contribution in [3.8, 4) is 0 Å². The van der Waals surface area contributed by atoms with Crippen LogP contribution in [0.4, 0.5) is 11.4 Å². The largest absolute Gasteiger partial charge is 0.376 e. The summed E-state index contributed by atoms with van der Waals surface area (Å²) in [6.45, 7) is 1.13. The van der Waals surface area contributed by atoms with Crippen LogP contribution >= 0.6 is 0 Å². The number of nitrogens with two attached hydrogens (primary N) is 1. The van der Waals surface area contributed by atoms with Crippen LogP contribution in [0.3, 0.4) is 0 Å². The van der Waals surface area contributed by atoms with Gasteiger partial charge in [0.15, 0.2) is 4.90 Å². The summed E-state index contributed by atoms with van der Waals surface area (Å²) in [6, 6.07) is 4.10. The maximum atomic E-state index is 11.6. The van der Waals surface area contributed by atoms with Crippen LogP contribution < -0.4 is 10.0 Å². The third kappa shape index (κ3) is 3.73. The molecule has 8 nitrogen and oxygen atoms in total. The average molecular weight is 329 g/mol. The fourth-order valence-electron chi connectivity index (χ4n) is 2.59. The van der Waals surface area contributed by atoms with E-state index in [4.69, 9.17) is 9.88 Å². The first kappa shape index (κ1) is 16.7. The molecule has 0 bridgehead atoms. The zero-order valence-corrected chi connectivity index (χ0v) is 13.1. The van der Waals surface area contributed by atoms with Gasteiger partial charge in [0.2, 0.25) is 10.0 Å². The SMILES string of the molecule is CN(CC1CCCCO1)c1cccc(S(N)(=O)=O)c1[N+](=O)[O-]. The van der Waals surface area contributed by atoms with Crippen molar-refractivity contribution in [2.45, 2.75) is 30.3 Å². The second kappa shape index (κ2) is 6.59. The van der Waals surface area contributed by atoms with Gasteiger partial charge in [0.25, 0.3) is 0 Å². The lowest BCUT2D eigenvalue weighted by Gasteiger charge is -2.28. The van der Waals surface area contributed by atoms with Gasteiger partial charge in [-0.15, -0.1) is 0 Å². The maximum absolute atomic E-state index is 11.6. The van der Waals surface area contributed by atoms with E-state index in [9.17, 15) is 18.5 Å². The van der Waals surface area contributed by atoms with Crippen LogP contribution in [0.15, 0.2) is 23.1 Å². The fourth-order valence-corrected chi connectivity index (χ4v) is 3.30. The summed E-state index contributed by atoms with van der Waals surface area (Å²) in [4.78, 5) is 11.8. The number of rotatable bonds is 5. The Kier molecular flexibility index (Phi) is 4.99. The van der Waals surface area contributed by atoms with E-state index in [0.717, 1.165) is 25.3 Å². The van der Waals surface area contributed by atoms with Crippen molar-refractivity contribution < 1.29 is 18.1 Å². The number of anilines is 1. The molecule has 0 spiro atoms. The van der Waals surface area contributed by atoms with Crippen LogP contribution in [0.2, 0.25) is 0 Å².